The fourth-order valence-electron chi connectivity index (χ4n) is 2.51. The minimum atomic E-state index is -0.113. The molecule has 0 bridgehead atoms. The van der Waals surface area contributed by atoms with Gasteiger partial charge in [0, 0.05) is 11.8 Å². The minimum Gasteiger partial charge on any atom is -0.454 e. The first kappa shape index (κ1) is 15.7. The van der Waals surface area contributed by atoms with Crippen LogP contribution in [0.5, 0.6) is 11.5 Å². The van der Waals surface area contributed by atoms with Crippen molar-refractivity contribution in [1.82, 2.24) is 9.97 Å². The Hall–Kier alpha value is -2.80. The Bertz CT molecular complexity index is 961. The topological polar surface area (TPSA) is 73.3 Å². The van der Waals surface area contributed by atoms with Crippen molar-refractivity contribution in [2.75, 3.05) is 17.9 Å². The van der Waals surface area contributed by atoms with E-state index in [2.05, 4.69) is 15.3 Å². The van der Waals surface area contributed by atoms with Crippen molar-refractivity contribution < 1.29 is 14.3 Å². The Balaban J connectivity index is 1.42. The van der Waals surface area contributed by atoms with Gasteiger partial charge in [0.25, 0.3) is 0 Å². The van der Waals surface area contributed by atoms with Gasteiger partial charge in [0.1, 0.15) is 5.03 Å². The second-order valence-corrected chi connectivity index (χ2v) is 6.47. The van der Waals surface area contributed by atoms with Crippen molar-refractivity contribution in [3.05, 3.63) is 48.2 Å². The minimum absolute atomic E-state index is 0.113. The number of benzene rings is 2. The number of aryl methyl sites for hydroxylation is 1. The molecule has 6 nitrogen and oxygen atoms in total. The summed E-state index contributed by atoms with van der Waals surface area (Å²) in [6.45, 7) is 2.11. The van der Waals surface area contributed by atoms with Crippen LogP contribution in [0.3, 0.4) is 0 Å². The van der Waals surface area contributed by atoms with Crippen LogP contribution in [-0.2, 0) is 4.79 Å². The number of amides is 1. The van der Waals surface area contributed by atoms with E-state index in [0.717, 1.165) is 21.8 Å². The molecule has 0 unspecified atom stereocenters. The van der Waals surface area contributed by atoms with Crippen LogP contribution in [0.15, 0.2) is 47.5 Å². The van der Waals surface area contributed by atoms with Crippen molar-refractivity contribution in [3.8, 4) is 11.5 Å². The molecule has 7 heteroatoms. The number of rotatable bonds is 4. The van der Waals surface area contributed by atoms with Gasteiger partial charge in [0.05, 0.1) is 22.5 Å². The highest BCUT2D eigenvalue weighted by Gasteiger charge is 2.14. The maximum atomic E-state index is 12.2. The summed E-state index contributed by atoms with van der Waals surface area (Å²) in [5.41, 5.74) is 3.18. The molecule has 25 heavy (non-hydrogen) atoms. The lowest BCUT2D eigenvalue weighted by Crippen LogP contribution is -2.14. The van der Waals surface area contributed by atoms with Crippen molar-refractivity contribution in [1.29, 1.82) is 0 Å². The van der Waals surface area contributed by atoms with E-state index < -0.39 is 0 Å². The summed E-state index contributed by atoms with van der Waals surface area (Å²) in [4.78, 5) is 21.3. The summed E-state index contributed by atoms with van der Waals surface area (Å²) in [6.07, 6.45) is 0. The van der Waals surface area contributed by atoms with Crippen LogP contribution < -0.4 is 14.8 Å². The van der Waals surface area contributed by atoms with Crippen LogP contribution in [0, 0.1) is 6.92 Å². The number of carbonyl (C=O) groups is 1. The highest BCUT2D eigenvalue weighted by atomic mass is 32.2. The molecular weight excluding hydrogens is 338 g/mol. The maximum Gasteiger partial charge on any atom is 0.234 e. The molecule has 4 rings (SSSR count). The van der Waals surface area contributed by atoms with Crippen molar-refractivity contribution in [2.45, 2.75) is 11.9 Å². The Labute approximate surface area is 148 Å². The number of hydrogen-bond acceptors (Lipinski definition) is 6. The molecule has 126 valence electrons. The fraction of sp³-hybridized carbons (Fsp3) is 0.167. The van der Waals surface area contributed by atoms with Gasteiger partial charge in [0.15, 0.2) is 11.5 Å². The Kier molecular flexibility index (Phi) is 4.15. The fourth-order valence-corrected chi connectivity index (χ4v) is 3.27. The lowest BCUT2D eigenvalue weighted by molar-refractivity contribution is -0.113. The predicted molar refractivity (Wildman–Crippen MR) is 96.2 cm³/mol. The normalized spacial score (nSPS) is 12.4. The first-order valence-corrected chi connectivity index (χ1v) is 8.73. The van der Waals surface area contributed by atoms with Gasteiger partial charge in [-0.15, -0.1) is 0 Å². The molecule has 1 amide bonds. The van der Waals surface area contributed by atoms with Crippen molar-refractivity contribution in [3.63, 3.8) is 0 Å². The number of aromatic nitrogens is 2. The Morgan fingerprint density at radius 3 is 2.72 bits per heavy atom. The SMILES string of the molecule is Cc1nc2ccccc2nc1SCC(=O)Nc1ccc2c(c1)OCO2. The molecule has 2 aromatic carbocycles. The number of hydrogen-bond donors (Lipinski definition) is 1. The van der Waals surface area contributed by atoms with Crippen LogP contribution >= 0.6 is 11.8 Å². The van der Waals surface area contributed by atoms with Crippen LogP contribution in [0.2, 0.25) is 0 Å². The zero-order valence-corrected chi connectivity index (χ0v) is 14.3. The smallest absolute Gasteiger partial charge is 0.234 e. The first-order chi connectivity index (χ1) is 12.2. The van der Waals surface area contributed by atoms with E-state index in [-0.39, 0.29) is 18.5 Å². The summed E-state index contributed by atoms with van der Waals surface area (Å²) in [6, 6.07) is 13.0. The van der Waals surface area contributed by atoms with Gasteiger partial charge in [-0.05, 0) is 31.2 Å². The summed E-state index contributed by atoms with van der Waals surface area (Å²) < 4.78 is 10.6. The van der Waals surface area contributed by atoms with E-state index in [1.165, 1.54) is 11.8 Å². The first-order valence-electron chi connectivity index (χ1n) is 7.75. The number of thioether (sulfide) groups is 1. The van der Waals surface area contributed by atoms with Gasteiger partial charge in [-0.2, -0.15) is 0 Å². The largest absolute Gasteiger partial charge is 0.454 e. The number of fused-ring (bicyclic) bond motifs is 2. The second kappa shape index (κ2) is 6.60. The molecule has 1 aromatic heterocycles. The van der Waals surface area contributed by atoms with Gasteiger partial charge in [-0.3, -0.25) is 4.79 Å². The number of carbonyl (C=O) groups excluding carboxylic acids is 1. The molecule has 1 aliphatic heterocycles. The van der Waals surface area contributed by atoms with Crippen molar-refractivity contribution in [2.24, 2.45) is 0 Å². The van der Waals surface area contributed by atoms with E-state index in [0.29, 0.717) is 17.2 Å². The molecule has 0 atom stereocenters. The monoisotopic (exact) mass is 353 g/mol. The summed E-state index contributed by atoms with van der Waals surface area (Å²) in [5, 5.41) is 3.62. The molecule has 3 aromatic rings. The molecule has 0 saturated carbocycles. The molecule has 0 radical (unpaired) electrons. The average Bonchev–Trinajstić information content (AvgIpc) is 3.07. The standard InChI is InChI=1S/C18H15N3O3S/c1-11-18(21-14-5-3-2-4-13(14)19-11)25-9-17(22)20-12-6-7-15-16(8-12)24-10-23-15/h2-8H,9-10H2,1H3,(H,20,22). The summed E-state index contributed by atoms with van der Waals surface area (Å²) >= 11 is 1.37. The number of anilines is 1. The van der Waals surface area contributed by atoms with Gasteiger partial charge in [-0.25, -0.2) is 9.97 Å². The van der Waals surface area contributed by atoms with Crippen LogP contribution in [0.25, 0.3) is 11.0 Å². The third-order valence-electron chi connectivity index (χ3n) is 3.70. The van der Waals surface area contributed by atoms with Gasteiger partial charge >= 0.3 is 0 Å². The highest BCUT2D eigenvalue weighted by molar-refractivity contribution is 8.00. The summed E-state index contributed by atoms with van der Waals surface area (Å²) in [5.74, 6) is 1.47. The highest BCUT2D eigenvalue weighted by Crippen LogP contribution is 2.34. The van der Waals surface area contributed by atoms with Crippen LogP contribution in [-0.4, -0.2) is 28.4 Å². The third-order valence-corrected chi connectivity index (χ3v) is 4.76. The van der Waals surface area contributed by atoms with Crippen LogP contribution in [0.1, 0.15) is 5.69 Å². The van der Waals surface area contributed by atoms with Crippen LogP contribution in [0.4, 0.5) is 5.69 Å². The average molecular weight is 353 g/mol. The number of nitrogens with one attached hydrogen (secondary N) is 1. The van der Waals surface area contributed by atoms with E-state index >= 15 is 0 Å². The van der Waals surface area contributed by atoms with Gasteiger partial charge in [-0.1, -0.05) is 23.9 Å². The molecule has 0 spiro atoms. The van der Waals surface area contributed by atoms with Crippen molar-refractivity contribution >= 4 is 34.4 Å². The molecule has 0 saturated heterocycles. The second-order valence-electron chi connectivity index (χ2n) is 5.51. The molecule has 2 heterocycles. The number of nitrogens with zero attached hydrogens (tertiary/aromatic N) is 2. The van der Waals surface area contributed by atoms with Gasteiger partial charge < -0.3 is 14.8 Å². The zero-order chi connectivity index (χ0) is 17.2. The Morgan fingerprint density at radius 1 is 1.12 bits per heavy atom. The zero-order valence-electron chi connectivity index (χ0n) is 13.5. The number of ether oxygens (including phenoxy) is 2. The van der Waals surface area contributed by atoms with E-state index in [9.17, 15) is 4.79 Å². The van der Waals surface area contributed by atoms with Gasteiger partial charge in [0.2, 0.25) is 12.7 Å². The lowest BCUT2D eigenvalue weighted by atomic mass is 10.3. The third kappa shape index (κ3) is 3.36. The molecule has 1 aliphatic rings. The molecule has 0 fully saturated rings. The number of para-hydroxylation sites is 2. The summed E-state index contributed by atoms with van der Waals surface area (Å²) in [7, 11) is 0. The molecule has 0 aliphatic carbocycles. The quantitative estimate of drug-likeness (QED) is 0.725. The Morgan fingerprint density at radius 2 is 1.88 bits per heavy atom. The van der Waals surface area contributed by atoms with E-state index in [1.807, 2.05) is 31.2 Å². The molecule has 1 N–H and O–H groups in total. The molecular formula is C18H15N3O3S. The maximum absolute atomic E-state index is 12.2. The predicted octanol–water partition coefficient (Wildman–Crippen LogP) is 3.40. The van der Waals surface area contributed by atoms with E-state index in [4.69, 9.17) is 9.47 Å². The van der Waals surface area contributed by atoms with E-state index in [1.54, 1.807) is 18.2 Å². The lowest BCUT2D eigenvalue weighted by Gasteiger charge is -2.08.